The zero-order valence-corrected chi connectivity index (χ0v) is 10.3. The third-order valence-corrected chi connectivity index (χ3v) is 3.14. The van der Waals surface area contributed by atoms with E-state index in [4.69, 9.17) is 4.74 Å². The minimum Gasteiger partial charge on any atom is -0.378 e. The summed E-state index contributed by atoms with van der Waals surface area (Å²) in [6, 6.07) is 5.93. The van der Waals surface area contributed by atoms with Gasteiger partial charge in [0.1, 0.15) is 0 Å². The number of rotatable bonds is 1. The second-order valence-electron chi connectivity index (χ2n) is 4.51. The van der Waals surface area contributed by atoms with Crippen molar-refractivity contribution < 1.29 is 9.53 Å². The summed E-state index contributed by atoms with van der Waals surface area (Å²) in [5.74, 6) is 0.365. The van der Waals surface area contributed by atoms with E-state index >= 15 is 0 Å². The van der Waals surface area contributed by atoms with Gasteiger partial charge in [0, 0.05) is 13.1 Å². The molecule has 1 aromatic heterocycles. The summed E-state index contributed by atoms with van der Waals surface area (Å²) in [5.41, 5.74) is 2.88. The summed E-state index contributed by atoms with van der Waals surface area (Å²) >= 11 is 0. The highest BCUT2D eigenvalue weighted by Gasteiger charge is 2.21. The van der Waals surface area contributed by atoms with Crippen molar-refractivity contribution in [2.75, 3.05) is 26.3 Å². The van der Waals surface area contributed by atoms with E-state index in [0.29, 0.717) is 32.1 Å². The van der Waals surface area contributed by atoms with E-state index in [1.54, 1.807) is 4.90 Å². The second kappa shape index (κ2) is 4.42. The molecule has 1 N–H and O–H groups in total. The quantitative estimate of drug-likeness (QED) is 0.825. The molecular weight excluding hydrogens is 230 g/mol. The van der Waals surface area contributed by atoms with Gasteiger partial charge in [0.15, 0.2) is 5.82 Å². The Morgan fingerprint density at radius 2 is 2.17 bits per heavy atom. The van der Waals surface area contributed by atoms with Crippen molar-refractivity contribution in [2.24, 2.45) is 0 Å². The van der Waals surface area contributed by atoms with Crippen molar-refractivity contribution in [1.82, 2.24) is 14.9 Å². The van der Waals surface area contributed by atoms with Crippen LogP contribution in [0.2, 0.25) is 0 Å². The number of nitrogens with one attached hydrogen (secondary N) is 1. The molecule has 1 fully saturated rings. The molecule has 18 heavy (non-hydrogen) atoms. The zero-order chi connectivity index (χ0) is 12.5. The molecule has 0 unspecified atom stereocenters. The summed E-state index contributed by atoms with van der Waals surface area (Å²) in [7, 11) is 0. The smallest absolute Gasteiger partial charge is 0.289 e. The van der Waals surface area contributed by atoms with Gasteiger partial charge in [-0.25, -0.2) is 4.98 Å². The Hall–Kier alpha value is -1.88. The molecule has 0 bridgehead atoms. The number of carbonyl (C=O) groups excluding carboxylic acids is 1. The topological polar surface area (TPSA) is 58.2 Å². The van der Waals surface area contributed by atoms with Crippen LogP contribution < -0.4 is 0 Å². The molecule has 2 aromatic rings. The first-order chi connectivity index (χ1) is 8.74. The van der Waals surface area contributed by atoms with Crippen LogP contribution >= 0.6 is 0 Å². The van der Waals surface area contributed by atoms with Crippen LogP contribution in [-0.2, 0) is 4.74 Å². The maximum Gasteiger partial charge on any atom is 0.289 e. The number of amides is 1. The van der Waals surface area contributed by atoms with Crippen molar-refractivity contribution in [2.45, 2.75) is 6.92 Å². The van der Waals surface area contributed by atoms with Crippen molar-refractivity contribution >= 4 is 16.9 Å². The number of morpholine rings is 1. The fourth-order valence-electron chi connectivity index (χ4n) is 2.13. The predicted octanol–water partition coefficient (Wildman–Crippen LogP) is 1.34. The Morgan fingerprint density at radius 3 is 2.94 bits per heavy atom. The zero-order valence-electron chi connectivity index (χ0n) is 10.3. The maximum atomic E-state index is 12.2. The van der Waals surface area contributed by atoms with Crippen molar-refractivity contribution in [1.29, 1.82) is 0 Å². The molecule has 1 aliphatic heterocycles. The van der Waals surface area contributed by atoms with Crippen LogP contribution in [0.4, 0.5) is 0 Å². The SMILES string of the molecule is Cc1ccc2[nH]c(C(=O)N3CCOCC3)nc2c1. The van der Waals surface area contributed by atoms with E-state index in [-0.39, 0.29) is 5.91 Å². The normalized spacial score (nSPS) is 16.2. The molecule has 1 aromatic carbocycles. The van der Waals surface area contributed by atoms with Crippen LogP contribution in [0.3, 0.4) is 0 Å². The number of aromatic amines is 1. The molecule has 1 aliphatic rings. The third-order valence-electron chi connectivity index (χ3n) is 3.14. The first-order valence-electron chi connectivity index (χ1n) is 6.07. The van der Waals surface area contributed by atoms with E-state index in [0.717, 1.165) is 16.6 Å². The highest BCUT2D eigenvalue weighted by Crippen LogP contribution is 2.14. The van der Waals surface area contributed by atoms with Crippen LogP contribution in [0.15, 0.2) is 18.2 Å². The molecule has 3 rings (SSSR count). The molecule has 0 spiro atoms. The number of ether oxygens (including phenoxy) is 1. The summed E-state index contributed by atoms with van der Waals surface area (Å²) in [4.78, 5) is 21.4. The average molecular weight is 245 g/mol. The minimum atomic E-state index is -0.0489. The molecule has 0 radical (unpaired) electrons. The Kier molecular flexibility index (Phi) is 2.76. The first-order valence-corrected chi connectivity index (χ1v) is 6.07. The number of carbonyl (C=O) groups is 1. The summed E-state index contributed by atoms with van der Waals surface area (Å²) in [6.45, 7) is 4.48. The Balaban J connectivity index is 1.91. The van der Waals surface area contributed by atoms with Crippen LogP contribution in [0.1, 0.15) is 16.2 Å². The van der Waals surface area contributed by atoms with Gasteiger partial charge in [0.2, 0.25) is 0 Å². The average Bonchev–Trinajstić information content (AvgIpc) is 2.81. The molecule has 0 atom stereocenters. The van der Waals surface area contributed by atoms with Crippen LogP contribution in [0.25, 0.3) is 11.0 Å². The standard InChI is InChI=1S/C13H15N3O2/c1-9-2-3-10-11(8-9)15-12(14-10)13(17)16-4-6-18-7-5-16/h2-3,8H,4-7H2,1H3,(H,14,15). The lowest BCUT2D eigenvalue weighted by Gasteiger charge is -2.25. The van der Waals surface area contributed by atoms with E-state index in [2.05, 4.69) is 9.97 Å². The largest absolute Gasteiger partial charge is 0.378 e. The van der Waals surface area contributed by atoms with Crippen LogP contribution in [-0.4, -0.2) is 47.1 Å². The lowest BCUT2D eigenvalue weighted by molar-refractivity contribution is 0.0296. The van der Waals surface area contributed by atoms with Gasteiger partial charge in [-0.05, 0) is 24.6 Å². The van der Waals surface area contributed by atoms with E-state index in [9.17, 15) is 4.79 Å². The lowest BCUT2D eigenvalue weighted by Crippen LogP contribution is -2.41. The van der Waals surface area contributed by atoms with Gasteiger partial charge in [-0.1, -0.05) is 6.07 Å². The van der Waals surface area contributed by atoms with Crippen LogP contribution in [0, 0.1) is 6.92 Å². The molecular formula is C13H15N3O2. The lowest BCUT2D eigenvalue weighted by atomic mass is 10.2. The number of imidazole rings is 1. The van der Waals surface area contributed by atoms with Gasteiger partial charge < -0.3 is 14.6 Å². The van der Waals surface area contributed by atoms with Gasteiger partial charge in [0.05, 0.1) is 24.2 Å². The number of H-pyrrole nitrogens is 1. The molecule has 0 aliphatic carbocycles. The summed E-state index contributed by atoms with van der Waals surface area (Å²) in [5, 5.41) is 0. The molecule has 2 heterocycles. The fraction of sp³-hybridized carbons (Fsp3) is 0.385. The summed E-state index contributed by atoms with van der Waals surface area (Å²) < 4.78 is 5.24. The van der Waals surface area contributed by atoms with E-state index in [1.807, 2.05) is 25.1 Å². The number of nitrogens with zero attached hydrogens (tertiary/aromatic N) is 2. The van der Waals surface area contributed by atoms with Crippen molar-refractivity contribution in [3.8, 4) is 0 Å². The Bertz CT molecular complexity index is 585. The first kappa shape index (κ1) is 11.2. The van der Waals surface area contributed by atoms with Gasteiger partial charge >= 0.3 is 0 Å². The number of aromatic nitrogens is 2. The Morgan fingerprint density at radius 1 is 1.39 bits per heavy atom. The Labute approximate surface area is 105 Å². The number of hydrogen-bond acceptors (Lipinski definition) is 3. The molecule has 1 amide bonds. The minimum absolute atomic E-state index is 0.0489. The fourth-order valence-corrected chi connectivity index (χ4v) is 2.13. The molecule has 0 saturated carbocycles. The maximum absolute atomic E-state index is 12.2. The number of hydrogen-bond donors (Lipinski definition) is 1. The van der Waals surface area contributed by atoms with Crippen molar-refractivity contribution in [3.63, 3.8) is 0 Å². The van der Waals surface area contributed by atoms with E-state index in [1.165, 1.54) is 0 Å². The van der Waals surface area contributed by atoms with E-state index < -0.39 is 0 Å². The van der Waals surface area contributed by atoms with Gasteiger partial charge in [-0.2, -0.15) is 0 Å². The third kappa shape index (κ3) is 1.97. The monoisotopic (exact) mass is 245 g/mol. The molecule has 5 nitrogen and oxygen atoms in total. The number of aryl methyl sites for hydroxylation is 1. The van der Waals surface area contributed by atoms with Crippen molar-refractivity contribution in [3.05, 3.63) is 29.6 Å². The number of fused-ring (bicyclic) bond motifs is 1. The highest BCUT2D eigenvalue weighted by molar-refractivity contribution is 5.94. The van der Waals surface area contributed by atoms with Gasteiger partial charge in [-0.15, -0.1) is 0 Å². The molecule has 94 valence electrons. The summed E-state index contributed by atoms with van der Waals surface area (Å²) in [6.07, 6.45) is 0. The predicted molar refractivity (Wildman–Crippen MR) is 67.6 cm³/mol. The van der Waals surface area contributed by atoms with Gasteiger partial charge in [0.25, 0.3) is 5.91 Å². The van der Waals surface area contributed by atoms with Crippen LogP contribution in [0.5, 0.6) is 0 Å². The molecule has 1 saturated heterocycles. The van der Waals surface area contributed by atoms with Gasteiger partial charge in [-0.3, -0.25) is 4.79 Å². The number of benzene rings is 1. The molecule has 5 heteroatoms. The second-order valence-corrected chi connectivity index (χ2v) is 4.51. The highest BCUT2D eigenvalue weighted by atomic mass is 16.5.